The number of hydrogen-bond acceptors (Lipinski definition) is 5. The Morgan fingerprint density at radius 3 is 2.65 bits per heavy atom. The van der Waals surface area contributed by atoms with Crippen LogP contribution in [-0.2, 0) is 16.3 Å². The summed E-state index contributed by atoms with van der Waals surface area (Å²) < 4.78 is 32.9. The number of nitrogens with one attached hydrogen (secondary N) is 1. The molecule has 0 aliphatic carbocycles. The van der Waals surface area contributed by atoms with Crippen molar-refractivity contribution in [3.63, 3.8) is 0 Å². The summed E-state index contributed by atoms with van der Waals surface area (Å²) in [5.41, 5.74) is 1.19. The molecule has 20 heavy (non-hydrogen) atoms. The van der Waals surface area contributed by atoms with Crippen LogP contribution in [0.3, 0.4) is 0 Å². The lowest BCUT2D eigenvalue weighted by molar-refractivity contribution is 0.171. The molecular weight excluding hydrogens is 278 g/mol. The van der Waals surface area contributed by atoms with E-state index in [0.29, 0.717) is 19.6 Å². The van der Waals surface area contributed by atoms with Gasteiger partial charge in [-0.25, -0.2) is 8.42 Å². The molecule has 0 spiro atoms. The highest BCUT2D eigenvalue weighted by atomic mass is 32.2. The number of benzene rings is 1. The van der Waals surface area contributed by atoms with Crippen LogP contribution >= 0.6 is 0 Å². The van der Waals surface area contributed by atoms with E-state index in [0.717, 1.165) is 31.0 Å². The van der Waals surface area contributed by atoms with E-state index in [-0.39, 0.29) is 5.75 Å². The molecule has 0 unspecified atom stereocenters. The summed E-state index contributed by atoms with van der Waals surface area (Å²) in [5.74, 6) is 1.86. The maximum absolute atomic E-state index is 11.0. The molecule has 1 heterocycles. The lowest BCUT2D eigenvalue weighted by atomic mass is 10.1. The van der Waals surface area contributed by atoms with Gasteiger partial charge in [-0.15, -0.1) is 0 Å². The molecule has 0 aromatic heterocycles. The van der Waals surface area contributed by atoms with E-state index in [9.17, 15) is 8.42 Å². The van der Waals surface area contributed by atoms with Gasteiger partial charge in [0, 0.05) is 6.26 Å². The summed E-state index contributed by atoms with van der Waals surface area (Å²) in [7, 11) is -2.84. The average molecular weight is 299 g/mol. The van der Waals surface area contributed by atoms with Gasteiger partial charge in [-0.05, 0) is 43.6 Å². The van der Waals surface area contributed by atoms with Crippen molar-refractivity contribution in [2.45, 2.75) is 12.8 Å². The van der Waals surface area contributed by atoms with Crippen LogP contribution in [0.1, 0.15) is 12.0 Å². The van der Waals surface area contributed by atoms with Gasteiger partial charge in [-0.2, -0.15) is 0 Å². The van der Waals surface area contributed by atoms with E-state index >= 15 is 0 Å². The maximum atomic E-state index is 11.0. The monoisotopic (exact) mass is 299 g/mol. The second-order valence-corrected chi connectivity index (χ2v) is 7.22. The van der Waals surface area contributed by atoms with Gasteiger partial charge in [0.25, 0.3) is 0 Å². The molecule has 5 nitrogen and oxygen atoms in total. The molecule has 0 radical (unpaired) electrons. The van der Waals surface area contributed by atoms with Gasteiger partial charge < -0.3 is 14.8 Å². The molecule has 0 fully saturated rings. The van der Waals surface area contributed by atoms with Gasteiger partial charge >= 0.3 is 0 Å². The minimum atomic E-state index is -2.84. The number of ether oxygens (including phenoxy) is 2. The van der Waals surface area contributed by atoms with E-state index < -0.39 is 9.84 Å². The van der Waals surface area contributed by atoms with Crippen LogP contribution in [0.25, 0.3) is 0 Å². The first-order chi connectivity index (χ1) is 9.54. The Labute approximate surface area is 120 Å². The van der Waals surface area contributed by atoms with E-state index in [1.54, 1.807) is 0 Å². The summed E-state index contributed by atoms with van der Waals surface area (Å²) in [6.07, 6.45) is 2.80. The van der Waals surface area contributed by atoms with Crippen LogP contribution in [0.5, 0.6) is 11.5 Å². The minimum absolute atomic E-state index is 0.240. The van der Waals surface area contributed by atoms with Gasteiger partial charge in [-0.1, -0.05) is 6.07 Å². The highest BCUT2D eigenvalue weighted by molar-refractivity contribution is 7.90. The largest absolute Gasteiger partial charge is 0.486 e. The first-order valence-corrected chi connectivity index (χ1v) is 8.88. The third-order valence-electron chi connectivity index (χ3n) is 3.07. The Balaban J connectivity index is 1.69. The van der Waals surface area contributed by atoms with Crippen molar-refractivity contribution in [3.8, 4) is 11.5 Å². The molecule has 1 aromatic rings. The quantitative estimate of drug-likeness (QED) is 0.762. The molecule has 0 amide bonds. The van der Waals surface area contributed by atoms with Crippen molar-refractivity contribution in [2.75, 3.05) is 38.3 Å². The fourth-order valence-electron chi connectivity index (χ4n) is 2.06. The van der Waals surface area contributed by atoms with Crippen molar-refractivity contribution in [1.82, 2.24) is 5.32 Å². The van der Waals surface area contributed by atoms with Crippen LogP contribution in [-0.4, -0.2) is 46.7 Å². The Kier molecular flexibility index (Phi) is 5.25. The molecule has 1 N–H and O–H groups in total. The van der Waals surface area contributed by atoms with E-state index in [4.69, 9.17) is 9.47 Å². The third-order valence-corrected chi connectivity index (χ3v) is 4.10. The van der Waals surface area contributed by atoms with Crippen LogP contribution in [0.15, 0.2) is 18.2 Å². The summed E-state index contributed by atoms with van der Waals surface area (Å²) in [6.45, 7) is 2.75. The topological polar surface area (TPSA) is 64.6 Å². The third kappa shape index (κ3) is 5.02. The number of fused-ring (bicyclic) bond motifs is 1. The van der Waals surface area contributed by atoms with Gasteiger partial charge in [0.05, 0.1) is 5.75 Å². The Bertz CT molecular complexity index is 542. The number of rotatable bonds is 7. The molecule has 0 saturated carbocycles. The molecule has 2 rings (SSSR count). The molecule has 112 valence electrons. The smallest absolute Gasteiger partial charge is 0.161 e. The molecule has 0 saturated heterocycles. The van der Waals surface area contributed by atoms with Gasteiger partial charge in [0.1, 0.15) is 23.1 Å². The van der Waals surface area contributed by atoms with Crippen LogP contribution in [0.2, 0.25) is 0 Å². The number of hydrogen-bond donors (Lipinski definition) is 1. The first-order valence-electron chi connectivity index (χ1n) is 6.81. The molecule has 0 bridgehead atoms. The Morgan fingerprint density at radius 1 is 1.15 bits per heavy atom. The summed E-state index contributed by atoms with van der Waals surface area (Å²) in [5, 5.41) is 3.25. The van der Waals surface area contributed by atoms with Gasteiger partial charge in [-0.3, -0.25) is 0 Å². The Morgan fingerprint density at radius 2 is 1.90 bits per heavy atom. The molecule has 1 aliphatic rings. The van der Waals surface area contributed by atoms with Crippen LogP contribution in [0.4, 0.5) is 0 Å². The first kappa shape index (κ1) is 15.1. The van der Waals surface area contributed by atoms with E-state index in [1.807, 2.05) is 18.2 Å². The number of sulfone groups is 1. The highest BCUT2D eigenvalue weighted by Gasteiger charge is 2.11. The molecular formula is C14H21NO4S. The summed E-state index contributed by atoms with van der Waals surface area (Å²) >= 11 is 0. The zero-order chi connectivity index (χ0) is 14.4. The van der Waals surface area contributed by atoms with E-state index in [2.05, 4.69) is 5.32 Å². The van der Waals surface area contributed by atoms with Crippen LogP contribution < -0.4 is 14.8 Å². The fourth-order valence-corrected chi connectivity index (χ4v) is 2.73. The zero-order valence-electron chi connectivity index (χ0n) is 11.7. The minimum Gasteiger partial charge on any atom is -0.486 e. The summed E-state index contributed by atoms with van der Waals surface area (Å²) in [6, 6.07) is 5.98. The van der Waals surface area contributed by atoms with Crippen molar-refractivity contribution in [1.29, 1.82) is 0 Å². The molecule has 6 heteroatoms. The molecule has 1 aliphatic heterocycles. The van der Waals surface area contributed by atoms with Crippen LogP contribution in [0, 0.1) is 0 Å². The zero-order valence-corrected chi connectivity index (χ0v) is 12.5. The normalized spacial score (nSPS) is 14.2. The predicted octanol–water partition coefficient (Wildman–Crippen LogP) is 1.02. The predicted molar refractivity (Wildman–Crippen MR) is 78.3 cm³/mol. The second kappa shape index (κ2) is 6.95. The summed E-state index contributed by atoms with van der Waals surface area (Å²) in [4.78, 5) is 0. The van der Waals surface area contributed by atoms with Crippen molar-refractivity contribution >= 4 is 9.84 Å². The fraction of sp³-hybridized carbons (Fsp3) is 0.571. The van der Waals surface area contributed by atoms with Gasteiger partial charge in [0.15, 0.2) is 11.5 Å². The highest BCUT2D eigenvalue weighted by Crippen LogP contribution is 2.30. The molecule has 0 atom stereocenters. The Hall–Kier alpha value is -1.27. The van der Waals surface area contributed by atoms with E-state index in [1.165, 1.54) is 11.8 Å². The lowest BCUT2D eigenvalue weighted by Crippen LogP contribution is -2.21. The maximum Gasteiger partial charge on any atom is 0.161 e. The van der Waals surface area contributed by atoms with Crippen molar-refractivity contribution < 1.29 is 17.9 Å². The van der Waals surface area contributed by atoms with Crippen molar-refractivity contribution in [3.05, 3.63) is 23.8 Å². The lowest BCUT2D eigenvalue weighted by Gasteiger charge is -2.18. The van der Waals surface area contributed by atoms with Crippen molar-refractivity contribution in [2.24, 2.45) is 0 Å². The van der Waals surface area contributed by atoms with Gasteiger partial charge in [0.2, 0.25) is 0 Å². The standard InChI is InChI=1S/C14H21NO4S/c1-20(16,17)10-2-6-15-7-5-12-3-4-13-14(11-12)19-9-8-18-13/h3-4,11,15H,2,5-10H2,1H3. The molecule has 1 aromatic carbocycles. The average Bonchev–Trinajstić information content (AvgIpc) is 2.41. The SMILES string of the molecule is CS(=O)(=O)CCCNCCc1ccc2c(c1)OCCO2. The second-order valence-electron chi connectivity index (χ2n) is 4.96.